The van der Waals surface area contributed by atoms with Crippen LogP contribution in [0, 0.1) is 0 Å². The minimum absolute atomic E-state index is 0.144. The van der Waals surface area contributed by atoms with Crippen LogP contribution in [0.1, 0.15) is 23.0 Å². The summed E-state index contributed by atoms with van der Waals surface area (Å²) in [6.07, 6.45) is 2.25. The van der Waals surface area contributed by atoms with E-state index in [0.29, 0.717) is 24.6 Å². The molecule has 1 N–H and O–H groups in total. The molecule has 1 aromatic heterocycles. The predicted molar refractivity (Wildman–Crippen MR) is 111 cm³/mol. The number of methoxy groups -OCH3 is 1. The summed E-state index contributed by atoms with van der Waals surface area (Å²) in [5.74, 6) is 1.33. The Kier molecular flexibility index (Phi) is 6.57. The number of carbonyl (C=O) groups excluding carboxylic acids is 1. The van der Waals surface area contributed by atoms with Crippen LogP contribution in [0.4, 0.5) is 11.5 Å². The van der Waals surface area contributed by atoms with Crippen molar-refractivity contribution in [1.29, 1.82) is 0 Å². The molecule has 0 radical (unpaired) electrons. The van der Waals surface area contributed by atoms with Crippen LogP contribution in [0.3, 0.4) is 0 Å². The Morgan fingerprint density at radius 2 is 1.82 bits per heavy atom. The van der Waals surface area contributed by atoms with Gasteiger partial charge in [-0.25, -0.2) is 9.97 Å². The highest BCUT2D eigenvalue weighted by Crippen LogP contribution is 2.17. The van der Waals surface area contributed by atoms with Crippen LogP contribution in [0.15, 0.2) is 67.0 Å². The predicted octanol–water partition coefficient (Wildman–Crippen LogP) is 3.81. The number of anilines is 2. The van der Waals surface area contributed by atoms with E-state index in [0.717, 1.165) is 17.9 Å². The van der Waals surface area contributed by atoms with Crippen molar-refractivity contribution in [3.05, 3.63) is 78.2 Å². The lowest BCUT2D eigenvalue weighted by atomic mass is 10.1. The van der Waals surface area contributed by atoms with E-state index < -0.39 is 0 Å². The van der Waals surface area contributed by atoms with Crippen LogP contribution in [-0.4, -0.2) is 36.1 Å². The number of nitrogens with zero attached hydrogens (tertiary/aromatic N) is 3. The zero-order valence-corrected chi connectivity index (χ0v) is 16.1. The summed E-state index contributed by atoms with van der Waals surface area (Å²) < 4.78 is 5.17. The molecule has 1 heterocycles. The van der Waals surface area contributed by atoms with Gasteiger partial charge in [0.1, 0.15) is 23.6 Å². The van der Waals surface area contributed by atoms with Crippen LogP contribution in [0.2, 0.25) is 0 Å². The van der Waals surface area contributed by atoms with E-state index in [-0.39, 0.29) is 5.91 Å². The van der Waals surface area contributed by atoms with Crippen LogP contribution in [-0.2, 0) is 6.42 Å². The van der Waals surface area contributed by atoms with Gasteiger partial charge in [-0.05, 0) is 43.2 Å². The van der Waals surface area contributed by atoms with Gasteiger partial charge in [-0.15, -0.1) is 0 Å². The molecule has 0 aliphatic rings. The van der Waals surface area contributed by atoms with Gasteiger partial charge in [-0.3, -0.25) is 4.79 Å². The first-order valence-corrected chi connectivity index (χ1v) is 9.27. The molecule has 3 rings (SSSR count). The molecule has 0 saturated heterocycles. The van der Waals surface area contributed by atoms with Crippen LogP contribution in [0.25, 0.3) is 0 Å². The molecule has 0 spiro atoms. The lowest BCUT2D eigenvalue weighted by Gasteiger charge is -2.20. The number of benzene rings is 2. The standard InChI is InChI=1S/C22H24N4O2/c1-3-26(18-7-5-4-6-8-18)22(27)20-15-21(25-16-24-20)23-14-13-17-9-11-19(28-2)12-10-17/h4-12,15-16H,3,13-14H2,1-2H3,(H,23,24,25). The number of ether oxygens (including phenoxy) is 1. The van der Waals surface area contributed by atoms with E-state index in [1.54, 1.807) is 18.1 Å². The maximum Gasteiger partial charge on any atom is 0.277 e. The van der Waals surface area contributed by atoms with E-state index in [4.69, 9.17) is 4.74 Å². The average molecular weight is 376 g/mol. The first kappa shape index (κ1) is 19.4. The van der Waals surface area contributed by atoms with Gasteiger partial charge < -0.3 is 15.0 Å². The highest BCUT2D eigenvalue weighted by molar-refractivity contribution is 6.05. The fourth-order valence-electron chi connectivity index (χ4n) is 2.89. The molecule has 6 nitrogen and oxygen atoms in total. The highest BCUT2D eigenvalue weighted by Gasteiger charge is 2.17. The Balaban J connectivity index is 1.63. The minimum Gasteiger partial charge on any atom is -0.497 e. The van der Waals surface area contributed by atoms with Gasteiger partial charge in [0, 0.05) is 24.8 Å². The van der Waals surface area contributed by atoms with Gasteiger partial charge in [0.15, 0.2) is 0 Å². The van der Waals surface area contributed by atoms with E-state index in [2.05, 4.69) is 15.3 Å². The molecule has 0 aliphatic carbocycles. The van der Waals surface area contributed by atoms with E-state index >= 15 is 0 Å². The van der Waals surface area contributed by atoms with Crippen molar-refractivity contribution in [3.63, 3.8) is 0 Å². The fourth-order valence-corrected chi connectivity index (χ4v) is 2.89. The molecular formula is C22H24N4O2. The number of carbonyl (C=O) groups is 1. The third-order valence-electron chi connectivity index (χ3n) is 4.39. The number of rotatable bonds is 8. The van der Waals surface area contributed by atoms with Crippen LogP contribution in [0.5, 0.6) is 5.75 Å². The van der Waals surface area contributed by atoms with Crippen molar-refractivity contribution in [2.45, 2.75) is 13.3 Å². The summed E-state index contributed by atoms with van der Waals surface area (Å²) in [6, 6.07) is 19.2. The Morgan fingerprint density at radius 1 is 1.07 bits per heavy atom. The van der Waals surface area contributed by atoms with E-state index in [9.17, 15) is 4.79 Å². The molecule has 1 amide bonds. The first-order valence-electron chi connectivity index (χ1n) is 9.27. The smallest absolute Gasteiger partial charge is 0.277 e. The second-order valence-electron chi connectivity index (χ2n) is 6.20. The van der Waals surface area contributed by atoms with Crippen molar-refractivity contribution < 1.29 is 9.53 Å². The zero-order chi connectivity index (χ0) is 19.8. The molecule has 0 fully saturated rings. The van der Waals surface area contributed by atoms with Gasteiger partial charge in [0.25, 0.3) is 5.91 Å². The number of para-hydroxylation sites is 1. The largest absolute Gasteiger partial charge is 0.497 e. The Hall–Kier alpha value is -3.41. The van der Waals surface area contributed by atoms with Gasteiger partial charge >= 0.3 is 0 Å². The summed E-state index contributed by atoms with van der Waals surface area (Å²) in [5.41, 5.74) is 2.41. The topological polar surface area (TPSA) is 67.4 Å². The molecule has 2 aromatic carbocycles. The summed E-state index contributed by atoms with van der Waals surface area (Å²) in [6.45, 7) is 3.21. The molecule has 0 saturated carbocycles. The molecule has 0 aliphatic heterocycles. The van der Waals surface area contributed by atoms with Crippen molar-refractivity contribution in [3.8, 4) is 5.75 Å². The summed E-state index contributed by atoms with van der Waals surface area (Å²) in [5, 5.41) is 3.26. The molecule has 28 heavy (non-hydrogen) atoms. The second kappa shape index (κ2) is 9.50. The molecule has 0 unspecified atom stereocenters. The monoisotopic (exact) mass is 376 g/mol. The lowest BCUT2D eigenvalue weighted by molar-refractivity contribution is 0.0983. The van der Waals surface area contributed by atoms with Gasteiger partial charge in [0.2, 0.25) is 0 Å². The third-order valence-corrected chi connectivity index (χ3v) is 4.39. The number of hydrogen-bond acceptors (Lipinski definition) is 5. The van der Waals surface area contributed by atoms with Crippen molar-refractivity contribution >= 4 is 17.4 Å². The fraction of sp³-hybridized carbons (Fsp3) is 0.227. The van der Waals surface area contributed by atoms with E-state index in [1.807, 2.05) is 61.5 Å². The minimum atomic E-state index is -0.144. The van der Waals surface area contributed by atoms with E-state index in [1.165, 1.54) is 11.9 Å². The van der Waals surface area contributed by atoms with Crippen LogP contribution >= 0.6 is 0 Å². The van der Waals surface area contributed by atoms with Gasteiger partial charge in [-0.2, -0.15) is 0 Å². The Labute approximate surface area is 165 Å². The maximum atomic E-state index is 12.9. The molecule has 144 valence electrons. The van der Waals surface area contributed by atoms with Crippen LogP contribution < -0.4 is 15.0 Å². The molecular weight excluding hydrogens is 352 g/mol. The normalized spacial score (nSPS) is 10.4. The molecule has 3 aromatic rings. The second-order valence-corrected chi connectivity index (χ2v) is 6.20. The summed E-state index contributed by atoms with van der Waals surface area (Å²) >= 11 is 0. The Bertz CT molecular complexity index is 898. The SMILES string of the molecule is CCN(C(=O)c1cc(NCCc2ccc(OC)cc2)ncn1)c1ccccc1. The number of aromatic nitrogens is 2. The third kappa shape index (κ3) is 4.85. The average Bonchev–Trinajstić information content (AvgIpc) is 2.76. The zero-order valence-electron chi connectivity index (χ0n) is 16.1. The number of nitrogens with one attached hydrogen (secondary N) is 1. The van der Waals surface area contributed by atoms with Gasteiger partial charge in [-0.1, -0.05) is 30.3 Å². The quantitative estimate of drug-likeness (QED) is 0.648. The van der Waals surface area contributed by atoms with Gasteiger partial charge in [0.05, 0.1) is 7.11 Å². The lowest BCUT2D eigenvalue weighted by Crippen LogP contribution is -2.31. The van der Waals surface area contributed by atoms with Crippen molar-refractivity contribution in [2.75, 3.05) is 30.4 Å². The molecule has 6 heteroatoms. The van der Waals surface area contributed by atoms with Crippen molar-refractivity contribution in [1.82, 2.24) is 9.97 Å². The highest BCUT2D eigenvalue weighted by atomic mass is 16.5. The summed E-state index contributed by atoms with van der Waals surface area (Å²) in [4.78, 5) is 23.0. The maximum absolute atomic E-state index is 12.9. The molecule has 0 atom stereocenters. The Morgan fingerprint density at radius 3 is 2.50 bits per heavy atom. The summed E-state index contributed by atoms with van der Waals surface area (Å²) in [7, 11) is 1.65. The van der Waals surface area contributed by atoms with Crippen molar-refractivity contribution in [2.24, 2.45) is 0 Å². The molecule has 0 bridgehead atoms. The first-order chi connectivity index (χ1) is 13.7. The number of hydrogen-bond donors (Lipinski definition) is 1. The number of amides is 1.